The molecule has 1 aromatic rings. The lowest BCUT2D eigenvalue weighted by atomic mass is 10.1. The SMILES string of the molecule is O=C(O)[C@@H]1CCCN1C(=O)c1ccc(C(=O)N2CCC[C@H]2C(=O)O)cc1. The van der Waals surface area contributed by atoms with Gasteiger partial charge >= 0.3 is 11.9 Å². The van der Waals surface area contributed by atoms with Crippen LogP contribution in [-0.2, 0) is 9.59 Å². The van der Waals surface area contributed by atoms with E-state index in [9.17, 15) is 29.4 Å². The van der Waals surface area contributed by atoms with Crippen LogP contribution in [0.4, 0.5) is 0 Å². The molecule has 1 aromatic carbocycles. The van der Waals surface area contributed by atoms with Crippen molar-refractivity contribution in [3.8, 4) is 0 Å². The van der Waals surface area contributed by atoms with Gasteiger partial charge in [0.25, 0.3) is 11.8 Å². The van der Waals surface area contributed by atoms with Crippen molar-refractivity contribution in [1.29, 1.82) is 0 Å². The van der Waals surface area contributed by atoms with Gasteiger partial charge in [-0.1, -0.05) is 0 Å². The topological polar surface area (TPSA) is 115 Å². The minimum atomic E-state index is -1.02. The average molecular weight is 360 g/mol. The number of amides is 2. The second-order valence-corrected chi connectivity index (χ2v) is 6.57. The molecule has 2 N–H and O–H groups in total. The third-order valence-electron chi connectivity index (χ3n) is 4.98. The fourth-order valence-electron chi connectivity index (χ4n) is 3.62. The van der Waals surface area contributed by atoms with Gasteiger partial charge in [-0.05, 0) is 49.9 Å². The number of hydrogen-bond acceptors (Lipinski definition) is 4. The maximum absolute atomic E-state index is 12.5. The fraction of sp³-hybridized carbons (Fsp3) is 0.444. The molecule has 2 saturated heterocycles. The van der Waals surface area contributed by atoms with Crippen molar-refractivity contribution in [3.63, 3.8) is 0 Å². The Labute approximate surface area is 150 Å². The number of carbonyl (C=O) groups excluding carboxylic acids is 2. The predicted octanol–water partition coefficient (Wildman–Crippen LogP) is 1.06. The van der Waals surface area contributed by atoms with Crippen molar-refractivity contribution in [2.24, 2.45) is 0 Å². The first-order chi connectivity index (χ1) is 12.4. The summed E-state index contributed by atoms with van der Waals surface area (Å²) in [7, 11) is 0. The molecule has 0 radical (unpaired) electrons. The molecule has 0 spiro atoms. The zero-order valence-electron chi connectivity index (χ0n) is 14.1. The Morgan fingerprint density at radius 1 is 0.731 bits per heavy atom. The van der Waals surface area contributed by atoms with E-state index in [1.165, 1.54) is 34.1 Å². The lowest BCUT2D eigenvalue weighted by molar-refractivity contribution is -0.142. The van der Waals surface area contributed by atoms with E-state index in [0.29, 0.717) is 49.9 Å². The Bertz CT molecular complexity index is 682. The Kier molecular flexibility index (Phi) is 4.92. The molecule has 2 fully saturated rings. The normalized spacial score (nSPS) is 22.5. The maximum Gasteiger partial charge on any atom is 0.326 e. The lowest BCUT2D eigenvalue weighted by Crippen LogP contribution is -2.41. The minimum absolute atomic E-state index is 0.311. The molecule has 2 aliphatic heterocycles. The van der Waals surface area contributed by atoms with E-state index < -0.39 is 24.0 Å². The molecule has 2 heterocycles. The van der Waals surface area contributed by atoms with Crippen LogP contribution in [0.3, 0.4) is 0 Å². The van der Waals surface area contributed by atoms with Crippen LogP contribution in [0, 0.1) is 0 Å². The third kappa shape index (κ3) is 3.26. The van der Waals surface area contributed by atoms with E-state index in [1.54, 1.807) is 0 Å². The van der Waals surface area contributed by atoms with E-state index >= 15 is 0 Å². The van der Waals surface area contributed by atoms with Crippen molar-refractivity contribution >= 4 is 23.8 Å². The van der Waals surface area contributed by atoms with Crippen LogP contribution < -0.4 is 0 Å². The second kappa shape index (κ2) is 7.15. The summed E-state index contributed by atoms with van der Waals surface area (Å²) in [6.45, 7) is 0.787. The highest BCUT2D eigenvalue weighted by atomic mass is 16.4. The Morgan fingerprint density at radius 2 is 1.08 bits per heavy atom. The number of carbonyl (C=O) groups is 4. The largest absolute Gasteiger partial charge is 0.480 e. The quantitative estimate of drug-likeness (QED) is 0.830. The molecule has 2 aliphatic rings. The molecule has 0 bridgehead atoms. The highest BCUT2D eigenvalue weighted by Gasteiger charge is 2.36. The van der Waals surface area contributed by atoms with Gasteiger partial charge in [0.05, 0.1) is 0 Å². The van der Waals surface area contributed by atoms with Crippen LogP contribution in [0.15, 0.2) is 24.3 Å². The summed E-state index contributed by atoms with van der Waals surface area (Å²) < 4.78 is 0. The van der Waals surface area contributed by atoms with E-state index in [4.69, 9.17) is 0 Å². The van der Waals surface area contributed by atoms with Gasteiger partial charge < -0.3 is 20.0 Å². The summed E-state index contributed by atoms with van der Waals surface area (Å²) in [6.07, 6.45) is 2.15. The zero-order valence-corrected chi connectivity index (χ0v) is 14.1. The Morgan fingerprint density at radius 3 is 1.38 bits per heavy atom. The molecule has 2 atom stereocenters. The standard InChI is InChI=1S/C18H20N2O6/c21-15(19-9-1-3-13(19)17(23)24)11-5-7-12(8-6-11)16(22)20-10-2-4-14(20)18(25)26/h5-8,13-14H,1-4,9-10H2,(H,23,24)(H,25,26)/t13-,14-/m0/s1. The number of carboxylic acids is 2. The number of hydrogen-bond donors (Lipinski definition) is 2. The third-order valence-corrected chi connectivity index (χ3v) is 4.98. The molecule has 8 heteroatoms. The first kappa shape index (κ1) is 17.9. The second-order valence-electron chi connectivity index (χ2n) is 6.57. The maximum atomic E-state index is 12.5. The number of benzene rings is 1. The molecule has 0 unspecified atom stereocenters. The van der Waals surface area contributed by atoms with E-state index in [1.807, 2.05) is 0 Å². The smallest absolute Gasteiger partial charge is 0.326 e. The monoisotopic (exact) mass is 360 g/mol. The van der Waals surface area contributed by atoms with E-state index in [-0.39, 0.29) is 11.8 Å². The molecule has 0 aromatic heterocycles. The molecular formula is C18H20N2O6. The van der Waals surface area contributed by atoms with Crippen molar-refractivity contribution < 1.29 is 29.4 Å². The van der Waals surface area contributed by atoms with E-state index in [2.05, 4.69) is 0 Å². The van der Waals surface area contributed by atoms with Crippen LogP contribution in [-0.4, -0.2) is 68.9 Å². The summed E-state index contributed by atoms with van der Waals surface area (Å²) >= 11 is 0. The van der Waals surface area contributed by atoms with Gasteiger partial charge in [0, 0.05) is 24.2 Å². The molecule has 26 heavy (non-hydrogen) atoms. The first-order valence-corrected chi connectivity index (χ1v) is 8.57. The van der Waals surface area contributed by atoms with Gasteiger partial charge in [-0.15, -0.1) is 0 Å². The van der Waals surface area contributed by atoms with Gasteiger partial charge in [0.2, 0.25) is 0 Å². The first-order valence-electron chi connectivity index (χ1n) is 8.57. The number of aliphatic carboxylic acids is 2. The van der Waals surface area contributed by atoms with E-state index in [0.717, 1.165) is 0 Å². The van der Waals surface area contributed by atoms with Crippen LogP contribution in [0.25, 0.3) is 0 Å². The molecule has 3 rings (SSSR count). The van der Waals surface area contributed by atoms with Crippen LogP contribution >= 0.6 is 0 Å². The predicted molar refractivity (Wildman–Crippen MR) is 89.8 cm³/mol. The van der Waals surface area contributed by atoms with Gasteiger partial charge in [-0.25, -0.2) is 9.59 Å². The summed E-state index contributed by atoms with van der Waals surface area (Å²) in [5, 5.41) is 18.4. The number of rotatable bonds is 4. The highest BCUT2D eigenvalue weighted by molar-refractivity contribution is 6.00. The summed E-state index contributed by atoms with van der Waals surface area (Å²) in [6, 6.07) is 4.31. The Hall–Kier alpha value is -2.90. The summed E-state index contributed by atoms with van der Waals surface area (Å²) in [5.41, 5.74) is 0.622. The van der Waals surface area contributed by atoms with Crippen LogP contribution in [0.1, 0.15) is 46.4 Å². The molecular weight excluding hydrogens is 340 g/mol. The number of carboxylic acid groups (broad SMARTS) is 2. The Balaban J connectivity index is 1.74. The number of likely N-dealkylation sites (tertiary alicyclic amines) is 2. The van der Waals surface area contributed by atoms with Gasteiger partial charge in [0.1, 0.15) is 12.1 Å². The zero-order chi connectivity index (χ0) is 18.8. The van der Waals surface area contributed by atoms with Crippen LogP contribution in [0.5, 0.6) is 0 Å². The molecule has 8 nitrogen and oxygen atoms in total. The average Bonchev–Trinajstić information content (AvgIpc) is 3.29. The van der Waals surface area contributed by atoms with Gasteiger partial charge in [0.15, 0.2) is 0 Å². The summed E-state index contributed by atoms with van der Waals surface area (Å²) in [4.78, 5) is 50.2. The van der Waals surface area contributed by atoms with Crippen molar-refractivity contribution in [1.82, 2.24) is 9.80 Å². The minimum Gasteiger partial charge on any atom is -0.480 e. The molecule has 0 saturated carbocycles. The molecule has 2 amide bonds. The van der Waals surface area contributed by atoms with Gasteiger partial charge in [-0.2, -0.15) is 0 Å². The fourth-order valence-corrected chi connectivity index (χ4v) is 3.62. The molecule has 0 aliphatic carbocycles. The van der Waals surface area contributed by atoms with Crippen LogP contribution in [0.2, 0.25) is 0 Å². The summed E-state index contributed by atoms with van der Waals surface area (Å²) in [5.74, 6) is -2.79. The van der Waals surface area contributed by atoms with Crippen molar-refractivity contribution in [2.45, 2.75) is 37.8 Å². The highest BCUT2D eigenvalue weighted by Crippen LogP contribution is 2.23. The molecule has 138 valence electrons. The lowest BCUT2D eigenvalue weighted by Gasteiger charge is -2.22. The van der Waals surface area contributed by atoms with Gasteiger partial charge in [-0.3, -0.25) is 9.59 Å². The number of nitrogens with zero attached hydrogens (tertiary/aromatic N) is 2. The van der Waals surface area contributed by atoms with Crippen molar-refractivity contribution in [3.05, 3.63) is 35.4 Å². The van der Waals surface area contributed by atoms with Crippen molar-refractivity contribution in [2.75, 3.05) is 13.1 Å².